The standard InChI is InChI=1S/C20H28BrN3O5/c1-19(2,3)28-17(25)23-11-16(24(27)18(26)29-20(4,5)6)14-10-22-15-9-12(21)7-8-13(14)15/h7-10,16,22,27H,11H2,1-6H3,(H,23,25). The molecule has 1 heterocycles. The number of alkyl carbamates (subject to hydrolysis) is 1. The van der Waals surface area contributed by atoms with Crippen LogP contribution in [0.2, 0.25) is 0 Å². The van der Waals surface area contributed by atoms with Crippen LogP contribution in [0.1, 0.15) is 53.1 Å². The zero-order valence-corrected chi connectivity index (χ0v) is 19.1. The highest BCUT2D eigenvalue weighted by Gasteiger charge is 2.31. The maximum absolute atomic E-state index is 12.5. The lowest BCUT2D eigenvalue weighted by molar-refractivity contribution is -0.120. The molecule has 160 valence electrons. The maximum atomic E-state index is 12.5. The number of nitrogens with one attached hydrogen (secondary N) is 2. The molecule has 0 fully saturated rings. The number of ether oxygens (including phenoxy) is 2. The van der Waals surface area contributed by atoms with Crippen molar-refractivity contribution in [1.29, 1.82) is 0 Å². The van der Waals surface area contributed by atoms with Gasteiger partial charge in [0.25, 0.3) is 0 Å². The molecule has 2 rings (SSSR count). The minimum Gasteiger partial charge on any atom is -0.444 e. The van der Waals surface area contributed by atoms with Crippen LogP contribution in [0.25, 0.3) is 10.9 Å². The summed E-state index contributed by atoms with van der Waals surface area (Å²) in [4.78, 5) is 27.7. The Hall–Kier alpha value is -2.26. The largest absolute Gasteiger partial charge is 0.444 e. The molecule has 0 spiro atoms. The number of hydrogen-bond donors (Lipinski definition) is 3. The van der Waals surface area contributed by atoms with E-state index in [0.717, 1.165) is 15.4 Å². The number of aromatic amines is 1. The molecule has 29 heavy (non-hydrogen) atoms. The first-order valence-corrected chi connectivity index (χ1v) is 10.0. The highest BCUT2D eigenvalue weighted by Crippen LogP contribution is 2.30. The number of fused-ring (bicyclic) bond motifs is 1. The third kappa shape index (κ3) is 6.64. The van der Waals surface area contributed by atoms with Crippen LogP contribution in [0, 0.1) is 0 Å². The van der Waals surface area contributed by atoms with Gasteiger partial charge in [0.15, 0.2) is 0 Å². The Bertz CT molecular complexity index is 882. The van der Waals surface area contributed by atoms with Crippen LogP contribution in [-0.2, 0) is 9.47 Å². The van der Waals surface area contributed by atoms with E-state index in [2.05, 4.69) is 26.2 Å². The fourth-order valence-electron chi connectivity index (χ4n) is 2.65. The minimum absolute atomic E-state index is 0.0757. The van der Waals surface area contributed by atoms with Crippen molar-refractivity contribution < 1.29 is 24.3 Å². The van der Waals surface area contributed by atoms with Gasteiger partial charge in [0.05, 0.1) is 0 Å². The SMILES string of the molecule is CC(C)(C)OC(=O)NCC(c1c[nH]c2cc(Br)ccc12)N(O)C(=O)OC(C)(C)C. The molecule has 0 saturated carbocycles. The summed E-state index contributed by atoms with van der Waals surface area (Å²) in [6, 6.07) is 4.70. The lowest BCUT2D eigenvalue weighted by Crippen LogP contribution is -2.43. The Morgan fingerprint density at radius 2 is 1.79 bits per heavy atom. The summed E-state index contributed by atoms with van der Waals surface area (Å²) in [5.41, 5.74) is -0.0191. The Morgan fingerprint density at radius 1 is 1.17 bits per heavy atom. The van der Waals surface area contributed by atoms with E-state index in [4.69, 9.17) is 9.47 Å². The smallest absolute Gasteiger partial charge is 0.434 e. The Labute approximate surface area is 178 Å². The molecule has 1 atom stereocenters. The highest BCUT2D eigenvalue weighted by molar-refractivity contribution is 9.10. The molecule has 8 nitrogen and oxygen atoms in total. The number of halogens is 1. The number of rotatable bonds is 4. The van der Waals surface area contributed by atoms with E-state index < -0.39 is 29.4 Å². The summed E-state index contributed by atoms with van der Waals surface area (Å²) >= 11 is 3.41. The van der Waals surface area contributed by atoms with Crippen molar-refractivity contribution in [2.75, 3.05) is 6.54 Å². The fourth-order valence-corrected chi connectivity index (χ4v) is 3.02. The van der Waals surface area contributed by atoms with E-state index in [0.29, 0.717) is 10.6 Å². The molecule has 0 saturated heterocycles. The first-order valence-electron chi connectivity index (χ1n) is 9.21. The second kappa shape index (κ2) is 8.62. The molecule has 0 aliphatic rings. The summed E-state index contributed by atoms with van der Waals surface area (Å²) < 4.78 is 11.4. The van der Waals surface area contributed by atoms with Gasteiger partial charge in [-0.05, 0) is 53.7 Å². The zero-order chi connectivity index (χ0) is 22.0. The summed E-state index contributed by atoms with van der Waals surface area (Å²) in [5, 5.41) is 14.5. The van der Waals surface area contributed by atoms with E-state index in [9.17, 15) is 14.8 Å². The molecule has 0 aliphatic heterocycles. The van der Waals surface area contributed by atoms with Crippen LogP contribution in [0.3, 0.4) is 0 Å². The molecular formula is C20H28BrN3O5. The average molecular weight is 470 g/mol. The van der Waals surface area contributed by atoms with Gasteiger partial charge in [0.1, 0.15) is 17.2 Å². The number of nitrogens with zero attached hydrogens (tertiary/aromatic N) is 1. The first-order chi connectivity index (χ1) is 13.3. The normalized spacial score (nSPS) is 13.1. The van der Waals surface area contributed by atoms with Gasteiger partial charge >= 0.3 is 12.2 Å². The number of aromatic nitrogens is 1. The number of hydroxylamine groups is 2. The topological polar surface area (TPSA) is 104 Å². The Balaban J connectivity index is 2.31. The second-order valence-corrected chi connectivity index (χ2v) is 9.57. The van der Waals surface area contributed by atoms with Crippen LogP contribution in [0.5, 0.6) is 0 Å². The molecule has 2 amide bonds. The third-order valence-corrected chi connectivity index (χ3v) is 4.24. The molecule has 1 unspecified atom stereocenters. The van der Waals surface area contributed by atoms with Crippen LogP contribution in [0.4, 0.5) is 9.59 Å². The van der Waals surface area contributed by atoms with Crippen molar-refractivity contribution in [2.45, 2.75) is 58.8 Å². The number of amides is 2. The van der Waals surface area contributed by atoms with Crippen LogP contribution >= 0.6 is 15.9 Å². The molecule has 9 heteroatoms. The van der Waals surface area contributed by atoms with E-state index in [1.807, 2.05) is 18.2 Å². The van der Waals surface area contributed by atoms with Crippen LogP contribution < -0.4 is 5.32 Å². The Morgan fingerprint density at radius 3 is 2.38 bits per heavy atom. The van der Waals surface area contributed by atoms with Crippen LogP contribution in [-0.4, -0.2) is 45.2 Å². The number of carbonyl (C=O) groups excluding carboxylic acids is 2. The predicted octanol–water partition coefficient (Wildman–Crippen LogP) is 5.12. The van der Waals surface area contributed by atoms with E-state index in [1.54, 1.807) is 47.7 Å². The van der Waals surface area contributed by atoms with Crippen molar-refractivity contribution in [3.63, 3.8) is 0 Å². The third-order valence-electron chi connectivity index (χ3n) is 3.75. The van der Waals surface area contributed by atoms with Crippen LogP contribution in [0.15, 0.2) is 28.9 Å². The number of carbonyl (C=O) groups is 2. The summed E-state index contributed by atoms with van der Waals surface area (Å²) in [7, 11) is 0. The van der Waals surface area contributed by atoms with Crippen molar-refractivity contribution in [1.82, 2.24) is 15.4 Å². The molecule has 1 aromatic carbocycles. The van der Waals surface area contributed by atoms with Crippen molar-refractivity contribution in [2.24, 2.45) is 0 Å². The van der Waals surface area contributed by atoms with Crippen molar-refractivity contribution in [3.05, 3.63) is 34.4 Å². The summed E-state index contributed by atoms with van der Waals surface area (Å²) in [6.07, 6.45) is 0.120. The zero-order valence-electron chi connectivity index (χ0n) is 17.5. The van der Waals surface area contributed by atoms with Gasteiger partial charge in [0.2, 0.25) is 0 Å². The van der Waals surface area contributed by atoms with Crippen molar-refractivity contribution >= 4 is 39.0 Å². The number of benzene rings is 1. The summed E-state index contributed by atoms with van der Waals surface area (Å²) in [6.45, 7) is 10.3. The predicted molar refractivity (Wildman–Crippen MR) is 113 cm³/mol. The van der Waals surface area contributed by atoms with E-state index >= 15 is 0 Å². The van der Waals surface area contributed by atoms with Gasteiger partial charge in [-0.2, -0.15) is 5.06 Å². The van der Waals surface area contributed by atoms with E-state index in [-0.39, 0.29) is 6.54 Å². The molecular weight excluding hydrogens is 442 g/mol. The maximum Gasteiger partial charge on any atom is 0.434 e. The summed E-state index contributed by atoms with van der Waals surface area (Å²) in [5.74, 6) is 0. The van der Waals surface area contributed by atoms with Gasteiger partial charge < -0.3 is 19.8 Å². The van der Waals surface area contributed by atoms with E-state index in [1.165, 1.54) is 0 Å². The van der Waals surface area contributed by atoms with Gasteiger partial charge in [-0.15, -0.1) is 0 Å². The molecule has 0 aliphatic carbocycles. The molecule has 0 radical (unpaired) electrons. The van der Waals surface area contributed by atoms with Gasteiger partial charge in [0, 0.05) is 33.7 Å². The molecule has 3 N–H and O–H groups in total. The van der Waals surface area contributed by atoms with Gasteiger partial charge in [-0.3, -0.25) is 5.21 Å². The lowest BCUT2D eigenvalue weighted by Gasteiger charge is -2.29. The first kappa shape index (κ1) is 23.0. The molecule has 1 aromatic heterocycles. The minimum atomic E-state index is -0.917. The monoisotopic (exact) mass is 469 g/mol. The second-order valence-electron chi connectivity index (χ2n) is 8.66. The molecule has 2 aromatic rings. The average Bonchev–Trinajstić information content (AvgIpc) is 2.94. The number of hydrogen-bond acceptors (Lipinski definition) is 5. The lowest BCUT2D eigenvalue weighted by atomic mass is 10.1. The van der Waals surface area contributed by atoms with Gasteiger partial charge in [-0.25, -0.2) is 9.59 Å². The van der Waals surface area contributed by atoms with Gasteiger partial charge in [-0.1, -0.05) is 22.0 Å². The number of H-pyrrole nitrogens is 1. The fraction of sp³-hybridized carbons (Fsp3) is 0.500. The van der Waals surface area contributed by atoms with Crippen molar-refractivity contribution in [3.8, 4) is 0 Å². The Kier molecular flexibility index (Phi) is 6.85. The quantitative estimate of drug-likeness (QED) is 0.425. The molecule has 0 bridgehead atoms. The highest BCUT2D eigenvalue weighted by atomic mass is 79.9.